The van der Waals surface area contributed by atoms with Crippen LogP contribution in [0, 0.1) is 0 Å². The molecule has 1 aromatic rings. The molecule has 1 rings (SSSR count). The molecular formula is C27H42O5. The number of phenolic OH excluding ortho intramolecular Hbond substituents is 1. The lowest BCUT2D eigenvalue weighted by Gasteiger charge is -2.30. The number of unbranched alkanes of at least 4 members (excludes halogenated alkanes) is 2. The Morgan fingerprint density at radius 1 is 1.16 bits per heavy atom. The Morgan fingerprint density at radius 2 is 1.88 bits per heavy atom. The zero-order valence-corrected chi connectivity index (χ0v) is 21.0. The highest BCUT2D eigenvalue weighted by molar-refractivity contribution is 5.84. The summed E-state index contributed by atoms with van der Waals surface area (Å²) in [6, 6.07) is 1.72. The third-order valence-electron chi connectivity index (χ3n) is 5.55. The van der Waals surface area contributed by atoms with Crippen LogP contribution < -0.4 is 4.74 Å². The summed E-state index contributed by atoms with van der Waals surface area (Å²) >= 11 is 0. The number of methoxy groups -OCH3 is 2. The number of ether oxygens (including phenoxy) is 3. The van der Waals surface area contributed by atoms with Crippen molar-refractivity contribution in [2.75, 3.05) is 20.8 Å². The number of carbonyl (C=O) groups is 1. The number of carbonyl (C=O) groups excluding carboxylic acids is 1. The van der Waals surface area contributed by atoms with E-state index in [1.807, 2.05) is 0 Å². The Bertz CT molecular complexity index is 790. The molecule has 5 nitrogen and oxygen atoms in total. The van der Waals surface area contributed by atoms with Gasteiger partial charge < -0.3 is 19.3 Å². The van der Waals surface area contributed by atoms with E-state index in [2.05, 4.69) is 39.8 Å². The minimum absolute atomic E-state index is 0.140. The van der Waals surface area contributed by atoms with Crippen molar-refractivity contribution in [3.63, 3.8) is 0 Å². The molecule has 5 heteroatoms. The number of aromatic hydroxyl groups is 1. The van der Waals surface area contributed by atoms with Crippen molar-refractivity contribution < 1.29 is 24.1 Å². The maximum absolute atomic E-state index is 12.2. The van der Waals surface area contributed by atoms with E-state index >= 15 is 0 Å². The number of aryl methyl sites for hydroxylation is 1. The standard InChI is InChI=1S/C27H42O5/c1-8-9-10-14-22-17-25(29)23(16-15-21(4)13-11-12-20(2)3)26(24(22)18-28)32-27(5,31-7)19-30-6/h12,15,17-18,29H,8-11,13-14,16,19H2,1-7H3/b21-15+. The van der Waals surface area contributed by atoms with Crippen molar-refractivity contribution >= 4 is 6.29 Å². The molecule has 0 spiro atoms. The van der Waals surface area contributed by atoms with Gasteiger partial charge in [0.15, 0.2) is 6.29 Å². The molecule has 180 valence electrons. The van der Waals surface area contributed by atoms with E-state index in [-0.39, 0.29) is 12.4 Å². The van der Waals surface area contributed by atoms with E-state index in [9.17, 15) is 9.90 Å². The molecule has 0 aliphatic carbocycles. The molecule has 32 heavy (non-hydrogen) atoms. The van der Waals surface area contributed by atoms with Crippen molar-refractivity contribution in [2.24, 2.45) is 0 Å². The van der Waals surface area contributed by atoms with Gasteiger partial charge in [-0.05, 0) is 64.5 Å². The van der Waals surface area contributed by atoms with Crippen LogP contribution in [-0.2, 0) is 22.3 Å². The van der Waals surface area contributed by atoms with Crippen LogP contribution in [0.5, 0.6) is 11.5 Å². The first-order valence-electron chi connectivity index (χ1n) is 11.6. The number of rotatable bonds is 15. The van der Waals surface area contributed by atoms with Crippen molar-refractivity contribution in [2.45, 2.75) is 85.4 Å². The minimum atomic E-state index is -1.09. The number of hydrogen-bond acceptors (Lipinski definition) is 5. The van der Waals surface area contributed by atoms with Gasteiger partial charge in [-0.1, -0.05) is 43.1 Å². The highest BCUT2D eigenvalue weighted by atomic mass is 16.7. The SMILES string of the molecule is CCCCCc1cc(O)c(C/C=C(\C)CCC=C(C)C)c(OC(C)(COC)OC)c1C=O. The molecule has 0 bridgehead atoms. The average Bonchev–Trinajstić information content (AvgIpc) is 2.73. The third-order valence-corrected chi connectivity index (χ3v) is 5.55. The second-order valence-corrected chi connectivity index (χ2v) is 8.80. The molecule has 1 unspecified atom stereocenters. The Kier molecular flexibility index (Phi) is 12.3. The molecule has 1 atom stereocenters. The highest BCUT2D eigenvalue weighted by Crippen LogP contribution is 2.38. The second-order valence-electron chi connectivity index (χ2n) is 8.80. The zero-order chi connectivity index (χ0) is 24.1. The lowest BCUT2D eigenvalue weighted by atomic mass is 9.95. The van der Waals surface area contributed by atoms with E-state index in [0.29, 0.717) is 29.7 Å². The van der Waals surface area contributed by atoms with E-state index in [1.54, 1.807) is 20.1 Å². The number of phenols is 1. The van der Waals surface area contributed by atoms with Crippen molar-refractivity contribution in [1.82, 2.24) is 0 Å². The van der Waals surface area contributed by atoms with Crippen LogP contribution in [0.2, 0.25) is 0 Å². The van der Waals surface area contributed by atoms with Gasteiger partial charge >= 0.3 is 0 Å². The first-order chi connectivity index (χ1) is 15.2. The van der Waals surface area contributed by atoms with Crippen LogP contribution in [0.25, 0.3) is 0 Å². The summed E-state index contributed by atoms with van der Waals surface area (Å²) in [4.78, 5) is 12.2. The molecule has 0 aromatic heterocycles. The smallest absolute Gasteiger partial charge is 0.231 e. The van der Waals surface area contributed by atoms with Gasteiger partial charge in [0.2, 0.25) is 5.79 Å². The Morgan fingerprint density at radius 3 is 2.44 bits per heavy atom. The van der Waals surface area contributed by atoms with Crippen LogP contribution in [0.1, 0.15) is 88.2 Å². The summed E-state index contributed by atoms with van der Waals surface area (Å²) in [7, 11) is 3.11. The van der Waals surface area contributed by atoms with E-state index in [0.717, 1.165) is 44.0 Å². The Balaban J connectivity index is 3.39. The van der Waals surface area contributed by atoms with Crippen LogP contribution in [0.3, 0.4) is 0 Å². The maximum atomic E-state index is 12.2. The molecule has 0 saturated heterocycles. The molecule has 0 amide bonds. The summed E-state index contributed by atoms with van der Waals surface area (Å²) in [6.45, 7) is 10.3. The van der Waals surface area contributed by atoms with Gasteiger partial charge in [0.25, 0.3) is 0 Å². The van der Waals surface area contributed by atoms with E-state index in [4.69, 9.17) is 14.2 Å². The topological polar surface area (TPSA) is 65.0 Å². The molecule has 0 saturated carbocycles. The Labute approximate surface area is 194 Å². The largest absolute Gasteiger partial charge is 0.508 e. The first-order valence-corrected chi connectivity index (χ1v) is 11.6. The second kappa shape index (κ2) is 14.1. The van der Waals surface area contributed by atoms with Crippen molar-refractivity contribution in [1.29, 1.82) is 0 Å². The molecule has 1 aromatic carbocycles. The fourth-order valence-corrected chi connectivity index (χ4v) is 3.54. The molecule has 0 radical (unpaired) electrons. The molecule has 0 aliphatic heterocycles. The molecule has 0 aliphatic rings. The van der Waals surface area contributed by atoms with Gasteiger partial charge in [0.05, 0.1) is 5.56 Å². The highest BCUT2D eigenvalue weighted by Gasteiger charge is 2.30. The van der Waals surface area contributed by atoms with E-state index < -0.39 is 5.79 Å². The maximum Gasteiger partial charge on any atom is 0.231 e. The number of benzene rings is 1. The predicted octanol–water partition coefficient (Wildman–Crippen LogP) is 6.56. The predicted molar refractivity (Wildman–Crippen MR) is 131 cm³/mol. The van der Waals surface area contributed by atoms with Gasteiger partial charge in [0.1, 0.15) is 18.1 Å². The average molecular weight is 447 g/mol. The summed E-state index contributed by atoms with van der Waals surface area (Å²) in [6.07, 6.45) is 11.3. The van der Waals surface area contributed by atoms with Crippen molar-refractivity contribution in [3.8, 4) is 11.5 Å². The van der Waals surface area contributed by atoms with Crippen LogP contribution >= 0.6 is 0 Å². The molecule has 0 heterocycles. The Hall–Kier alpha value is -2.11. The van der Waals surface area contributed by atoms with Crippen LogP contribution in [0.15, 0.2) is 29.4 Å². The molecule has 0 fully saturated rings. The van der Waals surface area contributed by atoms with Gasteiger partial charge in [-0.15, -0.1) is 0 Å². The quantitative estimate of drug-likeness (QED) is 0.143. The summed E-state index contributed by atoms with van der Waals surface area (Å²) in [5, 5.41) is 10.9. The van der Waals surface area contributed by atoms with Crippen LogP contribution in [0.4, 0.5) is 0 Å². The fourth-order valence-electron chi connectivity index (χ4n) is 3.54. The van der Waals surface area contributed by atoms with Gasteiger partial charge in [-0.25, -0.2) is 0 Å². The normalized spacial score (nSPS) is 13.5. The van der Waals surface area contributed by atoms with Gasteiger partial charge in [-0.2, -0.15) is 0 Å². The van der Waals surface area contributed by atoms with Crippen molar-refractivity contribution in [3.05, 3.63) is 46.1 Å². The summed E-state index contributed by atoms with van der Waals surface area (Å²) < 4.78 is 17.1. The monoisotopic (exact) mass is 446 g/mol. The fraction of sp³-hybridized carbons (Fsp3) is 0.593. The lowest BCUT2D eigenvalue weighted by Crippen LogP contribution is -2.40. The first kappa shape index (κ1) is 27.9. The number of hydrogen-bond donors (Lipinski definition) is 1. The lowest BCUT2D eigenvalue weighted by molar-refractivity contribution is -0.180. The number of aldehydes is 1. The van der Waals surface area contributed by atoms with E-state index in [1.165, 1.54) is 18.3 Å². The minimum Gasteiger partial charge on any atom is -0.508 e. The van der Waals surface area contributed by atoms with Gasteiger partial charge in [0, 0.05) is 26.7 Å². The molecule has 1 N–H and O–H groups in total. The number of allylic oxidation sites excluding steroid dienone is 4. The summed E-state index contributed by atoms with van der Waals surface area (Å²) in [5.41, 5.74) is 4.39. The molecular weight excluding hydrogens is 404 g/mol. The van der Waals surface area contributed by atoms with Gasteiger partial charge in [-0.3, -0.25) is 4.79 Å². The third kappa shape index (κ3) is 8.79. The zero-order valence-electron chi connectivity index (χ0n) is 21.0. The summed E-state index contributed by atoms with van der Waals surface area (Å²) in [5.74, 6) is -0.569. The van der Waals surface area contributed by atoms with Crippen LogP contribution in [-0.4, -0.2) is 38.0 Å².